The van der Waals surface area contributed by atoms with Crippen molar-refractivity contribution in [2.45, 2.75) is 26.3 Å². The van der Waals surface area contributed by atoms with Gasteiger partial charge in [-0.15, -0.1) is 0 Å². The molecule has 0 amide bonds. The Bertz CT molecular complexity index is 744. The Morgan fingerprint density at radius 1 is 1.17 bits per heavy atom. The van der Waals surface area contributed by atoms with E-state index in [0.29, 0.717) is 14.8 Å². The highest BCUT2D eigenvalue weighted by atomic mass is 35.5. The number of benzene rings is 1. The summed E-state index contributed by atoms with van der Waals surface area (Å²) in [5.41, 5.74) is 2.05. The molecule has 1 aromatic carbocycles. The zero-order valence-electron chi connectivity index (χ0n) is 13.6. The highest BCUT2D eigenvalue weighted by molar-refractivity contribution is 6.38. The summed E-state index contributed by atoms with van der Waals surface area (Å²) in [5, 5.41) is 2.55. The molecule has 2 aromatic rings. The van der Waals surface area contributed by atoms with Crippen LogP contribution in [0.2, 0.25) is 0 Å². The maximum absolute atomic E-state index is 6.56. The lowest BCUT2D eigenvalue weighted by Crippen LogP contribution is -2.42. The fraction of sp³-hybridized carbons (Fsp3) is 0.389. The fourth-order valence-electron chi connectivity index (χ4n) is 3.05. The SMILES string of the molecule is CCCCN1C[N+](C)(Cc2ccc3ccccc3n2)C(Cl)=C1Cl. The first-order valence-electron chi connectivity index (χ1n) is 8.03. The molecule has 1 aliphatic rings. The van der Waals surface area contributed by atoms with Crippen molar-refractivity contribution in [3.8, 4) is 0 Å². The summed E-state index contributed by atoms with van der Waals surface area (Å²) in [7, 11) is 2.12. The van der Waals surface area contributed by atoms with Crippen LogP contribution in [-0.2, 0) is 6.54 Å². The number of aromatic nitrogens is 1. The Balaban J connectivity index is 1.83. The average molecular weight is 351 g/mol. The van der Waals surface area contributed by atoms with Crippen molar-refractivity contribution in [1.82, 2.24) is 9.88 Å². The van der Waals surface area contributed by atoms with Crippen molar-refractivity contribution in [3.63, 3.8) is 0 Å². The Morgan fingerprint density at radius 2 is 1.96 bits per heavy atom. The normalized spacial score (nSPS) is 21.5. The topological polar surface area (TPSA) is 16.1 Å². The molecule has 1 aromatic heterocycles. The van der Waals surface area contributed by atoms with E-state index in [1.54, 1.807) is 0 Å². The van der Waals surface area contributed by atoms with Crippen LogP contribution in [0.25, 0.3) is 10.9 Å². The number of fused-ring (bicyclic) bond motifs is 1. The molecule has 2 heterocycles. The summed E-state index contributed by atoms with van der Waals surface area (Å²) in [6.45, 7) is 4.67. The van der Waals surface area contributed by atoms with Crippen LogP contribution in [-0.4, -0.2) is 34.6 Å². The molecule has 0 N–H and O–H groups in total. The lowest BCUT2D eigenvalue weighted by atomic mass is 10.2. The van der Waals surface area contributed by atoms with Crippen molar-refractivity contribution < 1.29 is 4.48 Å². The number of unbranched alkanes of at least 4 members (excludes halogenated alkanes) is 1. The van der Waals surface area contributed by atoms with Gasteiger partial charge in [-0.2, -0.15) is 0 Å². The highest BCUT2D eigenvalue weighted by Gasteiger charge is 2.40. The number of nitrogens with zero attached hydrogens (tertiary/aromatic N) is 3. The predicted octanol–water partition coefficient (Wildman–Crippen LogP) is 4.86. The third-order valence-corrected chi connectivity index (χ3v) is 5.46. The van der Waals surface area contributed by atoms with Crippen LogP contribution < -0.4 is 0 Å². The second kappa shape index (κ2) is 6.68. The number of quaternary nitrogens is 1. The van der Waals surface area contributed by atoms with E-state index < -0.39 is 0 Å². The minimum atomic E-state index is 0.579. The molecule has 3 rings (SSSR count). The molecule has 0 aliphatic carbocycles. The molecule has 3 nitrogen and oxygen atoms in total. The Labute approximate surface area is 147 Å². The Kier molecular flexibility index (Phi) is 4.81. The maximum atomic E-state index is 6.56. The van der Waals surface area contributed by atoms with E-state index in [2.05, 4.69) is 37.1 Å². The summed E-state index contributed by atoms with van der Waals surface area (Å²) >= 11 is 13.0. The van der Waals surface area contributed by atoms with Gasteiger partial charge in [-0.25, -0.2) is 4.98 Å². The molecule has 5 heteroatoms. The van der Waals surface area contributed by atoms with Crippen molar-refractivity contribution in [2.24, 2.45) is 0 Å². The second-order valence-corrected chi connectivity index (χ2v) is 7.11. The molecule has 1 atom stereocenters. The van der Waals surface area contributed by atoms with Crippen molar-refractivity contribution in [1.29, 1.82) is 0 Å². The van der Waals surface area contributed by atoms with Gasteiger partial charge in [0.1, 0.15) is 6.54 Å². The quantitative estimate of drug-likeness (QED) is 0.565. The minimum absolute atomic E-state index is 0.579. The number of halogens is 2. The van der Waals surface area contributed by atoms with E-state index in [4.69, 9.17) is 28.2 Å². The summed E-state index contributed by atoms with van der Waals surface area (Å²) in [5.74, 6) is 0. The zero-order valence-corrected chi connectivity index (χ0v) is 15.1. The molecule has 0 bridgehead atoms. The van der Waals surface area contributed by atoms with Crippen molar-refractivity contribution in [3.05, 3.63) is 52.4 Å². The first-order valence-corrected chi connectivity index (χ1v) is 8.79. The highest BCUT2D eigenvalue weighted by Crippen LogP contribution is 2.36. The molecule has 0 fully saturated rings. The van der Waals surface area contributed by atoms with E-state index in [-0.39, 0.29) is 0 Å². The Morgan fingerprint density at radius 3 is 2.74 bits per heavy atom. The number of para-hydroxylation sites is 1. The van der Waals surface area contributed by atoms with Gasteiger partial charge in [-0.1, -0.05) is 49.2 Å². The van der Waals surface area contributed by atoms with Crippen LogP contribution >= 0.6 is 23.2 Å². The first-order chi connectivity index (χ1) is 11.0. The molecular weight excluding hydrogens is 329 g/mol. The van der Waals surface area contributed by atoms with E-state index >= 15 is 0 Å². The number of hydrogen-bond acceptors (Lipinski definition) is 2. The van der Waals surface area contributed by atoms with Crippen LogP contribution in [0.15, 0.2) is 46.7 Å². The van der Waals surface area contributed by atoms with Gasteiger partial charge in [0.2, 0.25) is 5.16 Å². The number of pyridine rings is 1. The lowest BCUT2D eigenvalue weighted by molar-refractivity contribution is -0.881. The van der Waals surface area contributed by atoms with E-state index in [1.807, 2.05) is 18.2 Å². The summed E-state index contributed by atoms with van der Waals surface area (Å²) < 4.78 is 0.579. The van der Waals surface area contributed by atoms with E-state index in [9.17, 15) is 0 Å². The summed E-state index contributed by atoms with van der Waals surface area (Å²) in [4.78, 5) is 6.95. The van der Waals surface area contributed by atoms with Gasteiger partial charge in [0.15, 0.2) is 11.8 Å². The molecule has 0 saturated heterocycles. The van der Waals surface area contributed by atoms with Gasteiger partial charge in [0, 0.05) is 11.9 Å². The van der Waals surface area contributed by atoms with Gasteiger partial charge in [-0.05, 0) is 30.2 Å². The van der Waals surface area contributed by atoms with Crippen LogP contribution in [0.5, 0.6) is 0 Å². The zero-order chi connectivity index (χ0) is 16.4. The molecule has 1 unspecified atom stereocenters. The summed E-state index contributed by atoms with van der Waals surface area (Å²) in [6.07, 6.45) is 2.27. The van der Waals surface area contributed by atoms with Crippen molar-refractivity contribution in [2.75, 3.05) is 20.3 Å². The van der Waals surface area contributed by atoms with Crippen LogP contribution in [0, 0.1) is 0 Å². The summed E-state index contributed by atoms with van der Waals surface area (Å²) in [6, 6.07) is 12.4. The largest absolute Gasteiger partial charge is 0.309 e. The van der Waals surface area contributed by atoms with Gasteiger partial charge < -0.3 is 4.90 Å². The van der Waals surface area contributed by atoms with Crippen LogP contribution in [0.3, 0.4) is 0 Å². The third-order valence-electron chi connectivity index (χ3n) is 4.35. The van der Waals surface area contributed by atoms with Crippen molar-refractivity contribution >= 4 is 34.1 Å². The predicted molar refractivity (Wildman–Crippen MR) is 96.8 cm³/mol. The Hall–Kier alpha value is -1.29. The first kappa shape index (κ1) is 16.6. The lowest BCUT2D eigenvalue weighted by Gasteiger charge is -2.29. The van der Waals surface area contributed by atoms with Crippen LogP contribution in [0.4, 0.5) is 0 Å². The number of hydrogen-bond donors (Lipinski definition) is 0. The van der Waals surface area contributed by atoms with E-state index in [1.165, 1.54) is 0 Å². The van der Waals surface area contributed by atoms with Gasteiger partial charge in [0.25, 0.3) is 0 Å². The number of rotatable bonds is 5. The van der Waals surface area contributed by atoms with Gasteiger partial charge >= 0.3 is 0 Å². The molecule has 0 radical (unpaired) electrons. The van der Waals surface area contributed by atoms with Gasteiger partial charge in [-0.3, -0.25) is 4.48 Å². The van der Waals surface area contributed by atoms with E-state index in [0.717, 1.165) is 49.2 Å². The monoisotopic (exact) mass is 350 g/mol. The minimum Gasteiger partial charge on any atom is -0.309 e. The standard InChI is InChI=1S/C18H22Cl2N3/c1-3-4-11-22-13-23(2,18(20)17(22)19)12-15-10-9-14-7-5-6-8-16(14)21-15/h5-10H,3-4,11-13H2,1-2H3/q+1. The molecule has 0 saturated carbocycles. The fourth-order valence-corrected chi connectivity index (χ4v) is 3.62. The second-order valence-electron chi connectivity index (χ2n) is 6.39. The average Bonchev–Trinajstić information content (AvgIpc) is 2.77. The van der Waals surface area contributed by atoms with Crippen LogP contribution in [0.1, 0.15) is 25.5 Å². The van der Waals surface area contributed by atoms with Gasteiger partial charge in [0.05, 0.1) is 18.3 Å². The smallest absolute Gasteiger partial charge is 0.239 e. The molecule has 122 valence electrons. The molecule has 23 heavy (non-hydrogen) atoms. The maximum Gasteiger partial charge on any atom is 0.239 e. The third kappa shape index (κ3) is 3.32. The molecule has 1 aliphatic heterocycles. The molecule has 0 spiro atoms. The molecular formula is C18H22Cl2N3+.